The van der Waals surface area contributed by atoms with Gasteiger partial charge in [-0.3, -0.25) is 4.90 Å². The Kier molecular flexibility index (Phi) is 4.23. The maximum atomic E-state index is 13.9. The maximum Gasteiger partial charge on any atom is 0.314 e. The molecule has 96 valence electrons. The molecule has 0 amide bonds. The molecule has 6 heteroatoms. The molecule has 0 saturated carbocycles. The number of hydrogen-bond acceptors (Lipinski definition) is 4. The van der Waals surface area contributed by atoms with E-state index in [4.69, 9.17) is 9.47 Å². The van der Waals surface area contributed by atoms with Crippen LogP contribution in [-0.4, -0.2) is 61.2 Å². The lowest BCUT2D eigenvalue weighted by Crippen LogP contribution is -2.65. The van der Waals surface area contributed by atoms with E-state index in [1.807, 2.05) is 0 Å². The number of aliphatic hydroxyl groups excluding tert-OH is 1. The van der Waals surface area contributed by atoms with Crippen LogP contribution in [0.25, 0.3) is 0 Å². The number of methoxy groups -OCH3 is 1. The van der Waals surface area contributed by atoms with Crippen LogP contribution in [0.2, 0.25) is 0 Å². The molecule has 1 heterocycles. The summed E-state index contributed by atoms with van der Waals surface area (Å²) < 4.78 is 37.9. The van der Waals surface area contributed by atoms with Crippen LogP contribution in [0.4, 0.5) is 8.78 Å². The summed E-state index contributed by atoms with van der Waals surface area (Å²) in [4.78, 5) is 1.50. The minimum atomic E-state index is -3.33. The Labute approximate surface area is 94.1 Å². The molecule has 2 atom stereocenters. The fourth-order valence-electron chi connectivity index (χ4n) is 1.85. The van der Waals surface area contributed by atoms with Crippen molar-refractivity contribution in [3.63, 3.8) is 0 Å². The van der Waals surface area contributed by atoms with Gasteiger partial charge in [-0.2, -0.15) is 8.78 Å². The molecule has 1 aliphatic rings. The highest BCUT2D eigenvalue weighted by molar-refractivity contribution is 4.95. The van der Waals surface area contributed by atoms with E-state index in [0.29, 0.717) is 26.3 Å². The van der Waals surface area contributed by atoms with Crippen molar-refractivity contribution in [2.24, 2.45) is 0 Å². The summed E-state index contributed by atoms with van der Waals surface area (Å²) in [7, 11) is 1.23. The van der Waals surface area contributed by atoms with Crippen molar-refractivity contribution in [1.82, 2.24) is 4.90 Å². The van der Waals surface area contributed by atoms with Gasteiger partial charge in [-0.1, -0.05) is 0 Å². The van der Waals surface area contributed by atoms with Crippen LogP contribution in [0.3, 0.4) is 0 Å². The van der Waals surface area contributed by atoms with E-state index in [1.165, 1.54) is 18.9 Å². The van der Waals surface area contributed by atoms with Crippen molar-refractivity contribution >= 4 is 0 Å². The third-order valence-corrected chi connectivity index (χ3v) is 3.16. The fraction of sp³-hybridized carbons (Fsp3) is 1.00. The Hall–Kier alpha value is -0.300. The Bertz CT molecular complexity index is 232. The van der Waals surface area contributed by atoms with Gasteiger partial charge in [0.05, 0.1) is 13.2 Å². The van der Waals surface area contributed by atoms with Gasteiger partial charge in [0.15, 0.2) is 5.72 Å². The molecule has 1 saturated heterocycles. The molecule has 0 spiro atoms. The highest BCUT2D eigenvalue weighted by Crippen LogP contribution is 2.37. The summed E-state index contributed by atoms with van der Waals surface area (Å²) in [5.41, 5.74) is -1.80. The third kappa shape index (κ3) is 2.20. The number of alkyl halides is 2. The second kappa shape index (κ2) is 4.91. The number of rotatable bonds is 4. The highest BCUT2D eigenvalue weighted by Gasteiger charge is 2.57. The summed E-state index contributed by atoms with van der Waals surface area (Å²) in [6.07, 6.45) is -1.76. The van der Waals surface area contributed by atoms with Crippen molar-refractivity contribution in [2.45, 2.75) is 31.6 Å². The van der Waals surface area contributed by atoms with Crippen molar-refractivity contribution < 1.29 is 23.4 Å². The molecule has 4 nitrogen and oxygen atoms in total. The zero-order valence-electron chi connectivity index (χ0n) is 9.87. The van der Waals surface area contributed by atoms with Crippen molar-refractivity contribution in [3.8, 4) is 0 Å². The lowest BCUT2D eigenvalue weighted by atomic mass is 10.00. The van der Waals surface area contributed by atoms with Gasteiger partial charge in [-0.15, -0.1) is 0 Å². The average Bonchev–Trinajstić information content (AvgIpc) is 2.28. The summed E-state index contributed by atoms with van der Waals surface area (Å²) in [5, 5.41) is 9.19. The van der Waals surface area contributed by atoms with Gasteiger partial charge in [0, 0.05) is 20.2 Å². The first-order chi connectivity index (χ1) is 7.36. The largest absolute Gasteiger partial charge is 0.387 e. The quantitative estimate of drug-likeness (QED) is 0.784. The van der Waals surface area contributed by atoms with Crippen LogP contribution in [0.1, 0.15) is 13.8 Å². The van der Waals surface area contributed by atoms with Gasteiger partial charge < -0.3 is 14.6 Å². The standard InChI is InChI=1S/C10H19F2NO3/c1-8(14)10(11,12)9(2,15-3)13-4-6-16-7-5-13/h8,14H,4-7H2,1-3H3. The third-order valence-electron chi connectivity index (χ3n) is 3.16. The fourth-order valence-corrected chi connectivity index (χ4v) is 1.85. The SMILES string of the molecule is COC(C)(N1CCOCC1)C(F)(F)C(C)O. The molecule has 0 aliphatic carbocycles. The molecule has 1 rings (SSSR count). The van der Waals surface area contributed by atoms with Crippen LogP contribution in [0, 0.1) is 0 Å². The lowest BCUT2D eigenvalue weighted by molar-refractivity contribution is -0.296. The smallest absolute Gasteiger partial charge is 0.314 e. The average molecular weight is 239 g/mol. The topological polar surface area (TPSA) is 41.9 Å². The molecule has 1 N–H and O–H groups in total. The van der Waals surface area contributed by atoms with Gasteiger partial charge in [0.25, 0.3) is 0 Å². The number of nitrogens with zero attached hydrogens (tertiary/aromatic N) is 1. The van der Waals surface area contributed by atoms with Gasteiger partial charge >= 0.3 is 5.92 Å². The summed E-state index contributed by atoms with van der Waals surface area (Å²) in [6.45, 7) is 3.89. The van der Waals surface area contributed by atoms with E-state index in [9.17, 15) is 13.9 Å². The van der Waals surface area contributed by atoms with E-state index in [1.54, 1.807) is 0 Å². The summed E-state index contributed by atoms with van der Waals surface area (Å²) >= 11 is 0. The van der Waals surface area contributed by atoms with Gasteiger partial charge in [0.1, 0.15) is 6.10 Å². The van der Waals surface area contributed by atoms with E-state index < -0.39 is 17.8 Å². The van der Waals surface area contributed by atoms with Crippen molar-refractivity contribution in [2.75, 3.05) is 33.4 Å². The Morgan fingerprint density at radius 1 is 1.38 bits per heavy atom. The molecular formula is C10H19F2NO3. The Morgan fingerprint density at radius 3 is 2.25 bits per heavy atom. The second-order valence-corrected chi connectivity index (χ2v) is 4.09. The van der Waals surface area contributed by atoms with Gasteiger partial charge in [-0.25, -0.2) is 0 Å². The normalized spacial score (nSPS) is 25.1. The zero-order valence-corrected chi connectivity index (χ0v) is 9.87. The first-order valence-corrected chi connectivity index (χ1v) is 5.30. The predicted octanol–water partition coefficient (Wildman–Crippen LogP) is 0.697. The van der Waals surface area contributed by atoms with Crippen LogP contribution in [-0.2, 0) is 9.47 Å². The molecule has 0 bridgehead atoms. The summed E-state index contributed by atoms with van der Waals surface area (Å²) in [6, 6.07) is 0. The zero-order chi connectivity index (χ0) is 12.4. The molecule has 0 radical (unpaired) electrons. The monoisotopic (exact) mass is 239 g/mol. The van der Waals surface area contributed by atoms with Gasteiger partial charge in [0.2, 0.25) is 0 Å². The molecule has 1 aliphatic heterocycles. The van der Waals surface area contributed by atoms with E-state index in [0.717, 1.165) is 6.92 Å². The summed E-state index contributed by atoms with van der Waals surface area (Å²) in [5.74, 6) is -3.33. The Morgan fingerprint density at radius 2 is 1.88 bits per heavy atom. The highest BCUT2D eigenvalue weighted by atomic mass is 19.3. The Balaban J connectivity index is 2.90. The lowest BCUT2D eigenvalue weighted by Gasteiger charge is -2.46. The molecule has 0 aromatic carbocycles. The number of morpholine rings is 1. The van der Waals surface area contributed by atoms with E-state index >= 15 is 0 Å². The number of hydrogen-bond donors (Lipinski definition) is 1. The molecule has 16 heavy (non-hydrogen) atoms. The number of ether oxygens (including phenoxy) is 2. The maximum absolute atomic E-state index is 13.9. The number of halogens is 2. The van der Waals surface area contributed by atoms with E-state index in [2.05, 4.69) is 0 Å². The van der Waals surface area contributed by atoms with Gasteiger partial charge in [-0.05, 0) is 13.8 Å². The van der Waals surface area contributed by atoms with Crippen LogP contribution in [0.15, 0.2) is 0 Å². The molecule has 0 aromatic heterocycles. The van der Waals surface area contributed by atoms with Crippen LogP contribution in [0.5, 0.6) is 0 Å². The minimum Gasteiger partial charge on any atom is -0.387 e. The molecule has 2 unspecified atom stereocenters. The van der Waals surface area contributed by atoms with Crippen LogP contribution < -0.4 is 0 Å². The predicted molar refractivity (Wildman–Crippen MR) is 54.4 cm³/mol. The van der Waals surface area contributed by atoms with Crippen LogP contribution >= 0.6 is 0 Å². The van der Waals surface area contributed by atoms with Crippen molar-refractivity contribution in [1.29, 1.82) is 0 Å². The second-order valence-electron chi connectivity index (χ2n) is 4.09. The molecule has 1 fully saturated rings. The minimum absolute atomic E-state index is 0.368. The molecular weight excluding hydrogens is 220 g/mol. The first kappa shape index (κ1) is 13.8. The molecule has 0 aromatic rings. The first-order valence-electron chi connectivity index (χ1n) is 5.30. The van der Waals surface area contributed by atoms with E-state index in [-0.39, 0.29) is 0 Å². The van der Waals surface area contributed by atoms with Crippen molar-refractivity contribution in [3.05, 3.63) is 0 Å². The number of aliphatic hydroxyl groups is 1.